The van der Waals surface area contributed by atoms with Gasteiger partial charge in [-0.2, -0.15) is 13.2 Å². The number of carbonyl (C=O) groups is 2. The van der Waals surface area contributed by atoms with Crippen molar-refractivity contribution in [1.82, 2.24) is 10.3 Å². The highest BCUT2D eigenvalue weighted by atomic mass is 19.4. The van der Waals surface area contributed by atoms with E-state index in [2.05, 4.69) is 4.98 Å². The van der Waals surface area contributed by atoms with Gasteiger partial charge in [0.15, 0.2) is 0 Å². The maximum atomic E-state index is 12.6. The molecule has 168 valence electrons. The molecule has 0 aliphatic heterocycles. The van der Waals surface area contributed by atoms with Crippen LogP contribution in [0.25, 0.3) is 22.0 Å². The van der Waals surface area contributed by atoms with E-state index in [1.807, 2.05) is 54.6 Å². The molecule has 0 aliphatic rings. The second-order valence-corrected chi connectivity index (χ2v) is 7.32. The van der Waals surface area contributed by atoms with Gasteiger partial charge in [0.25, 0.3) is 5.91 Å². The Morgan fingerprint density at radius 2 is 1.70 bits per heavy atom. The molecule has 0 aliphatic carbocycles. The number of halogens is 3. The Kier molecular flexibility index (Phi) is 6.17. The fourth-order valence-electron chi connectivity index (χ4n) is 3.50. The Balaban J connectivity index is 1.66. The van der Waals surface area contributed by atoms with Crippen molar-refractivity contribution >= 4 is 22.7 Å². The van der Waals surface area contributed by atoms with Crippen LogP contribution in [0.2, 0.25) is 0 Å². The number of ether oxygens (including phenoxy) is 1. The molecule has 0 saturated carbocycles. The van der Waals surface area contributed by atoms with Crippen molar-refractivity contribution in [3.8, 4) is 16.9 Å². The molecule has 0 spiro atoms. The van der Waals surface area contributed by atoms with Crippen LogP contribution < -0.4 is 10.1 Å². The van der Waals surface area contributed by atoms with E-state index < -0.39 is 18.0 Å². The molecule has 2 amide bonds. The average Bonchev–Trinajstić information content (AvgIpc) is 3.28. The lowest BCUT2D eigenvalue weighted by Crippen LogP contribution is -2.40. The first kappa shape index (κ1) is 22.1. The predicted octanol–water partition coefficient (Wildman–Crippen LogP) is 5.28. The number of benzene rings is 3. The summed E-state index contributed by atoms with van der Waals surface area (Å²) in [5.74, 6) is -2.99. The third kappa shape index (κ3) is 5.06. The summed E-state index contributed by atoms with van der Waals surface area (Å²) in [5, 5.41) is 2.24. The molecule has 33 heavy (non-hydrogen) atoms. The minimum atomic E-state index is -5.16. The smallest absolute Gasteiger partial charge is 0.471 e. The van der Waals surface area contributed by atoms with Crippen molar-refractivity contribution < 1.29 is 27.5 Å². The lowest BCUT2D eigenvalue weighted by Gasteiger charge is -2.15. The molecule has 5 nitrogen and oxygen atoms in total. The number of fused-ring (bicyclic) bond motifs is 1. The number of alkyl halides is 3. The Hall–Kier alpha value is -4.07. The fraction of sp³-hybridized carbons (Fsp3) is 0.120. The van der Waals surface area contributed by atoms with Crippen LogP contribution in [0.5, 0.6) is 5.75 Å². The minimum Gasteiger partial charge on any atom is -0.493 e. The van der Waals surface area contributed by atoms with Gasteiger partial charge in [-0.3, -0.25) is 14.9 Å². The average molecular weight is 452 g/mol. The molecule has 8 heteroatoms. The molecule has 3 aromatic carbocycles. The normalized spacial score (nSPS) is 11.4. The maximum Gasteiger partial charge on any atom is 0.471 e. The molecule has 0 atom stereocenters. The van der Waals surface area contributed by atoms with Gasteiger partial charge in [-0.25, -0.2) is 0 Å². The van der Waals surface area contributed by atoms with E-state index in [-0.39, 0.29) is 5.56 Å². The summed E-state index contributed by atoms with van der Waals surface area (Å²) in [6, 6.07) is 21.4. The Bertz CT molecular complexity index is 1300. The number of nitrogens with one attached hydrogen (secondary N) is 2. The molecule has 2 N–H and O–H groups in total. The topological polar surface area (TPSA) is 71.2 Å². The van der Waals surface area contributed by atoms with Crippen LogP contribution in [0.3, 0.4) is 0 Å². The summed E-state index contributed by atoms with van der Waals surface area (Å²) in [6.07, 6.45) is -2.74. The quantitative estimate of drug-likeness (QED) is 0.418. The molecule has 0 bridgehead atoms. The van der Waals surface area contributed by atoms with Crippen LogP contribution >= 0.6 is 0 Å². The summed E-state index contributed by atoms with van der Waals surface area (Å²) >= 11 is 0. The second-order valence-electron chi connectivity index (χ2n) is 7.32. The molecule has 0 saturated heterocycles. The number of rotatable bonds is 6. The van der Waals surface area contributed by atoms with Crippen molar-refractivity contribution in [3.05, 3.63) is 90.1 Å². The van der Waals surface area contributed by atoms with Crippen molar-refractivity contribution in [2.45, 2.75) is 12.6 Å². The first-order valence-electron chi connectivity index (χ1n) is 10.1. The van der Waals surface area contributed by atoms with Crippen molar-refractivity contribution in [2.75, 3.05) is 6.61 Å². The van der Waals surface area contributed by atoms with E-state index >= 15 is 0 Å². The third-order valence-electron chi connectivity index (χ3n) is 5.10. The van der Waals surface area contributed by atoms with Gasteiger partial charge in [0.1, 0.15) is 5.75 Å². The molecule has 1 heterocycles. The molecule has 0 unspecified atom stereocenters. The number of carbonyl (C=O) groups excluding carboxylic acids is 2. The van der Waals surface area contributed by atoms with E-state index in [0.29, 0.717) is 24.3 Å². The number of aromatic amines is 1. The highest BCUT2D eigenvalue weighted by Crippen LogP contribution is 2.36. The lowest BCUT2D eigenvalue weighted by molar-refractivity contribution is -0.172. The van der Waals surface area contributed by atoms with Gasteiger partial charge in [0.05, 0.1) is 6.61 Å². The van der Waals surface area contributed by atoms with Crippen LogP contribution in [0.4, 0.5) is 13.2 Å². The predicted molar refractivity (Wildman–Crippen MR) is 118 cm³/mol. The maximum absolute atomic E-state index is 12.6. The van der Waals surface area contributed by atoms with Crippen LogP contribution in [-0.2, 0) is 11.2 Å². The fourth-order valence-corrected chi connectivity index (χ4v) is 3.50. The van der Waals surface area contributed by atoms with Crippen molar-refractivity contribution in [1.29, 1.82) is 0 Å². The number of aromatic nitrogens is 1. The number of hydrogen-bond donors (Lipinski definition) is 2. The van der Waals surface area contributed by atoms with Crippen molar-refractivity contribution in [2.24, 2.45) is 0 Å². The minimum absolute atomic E-state index is 0.0921. The standard InChI is InChI=1S/C25H19F3N2O3/c26-25(27,28)24(32)30-23(31)17-9-10-22(33-14-12-16-5-2-1-3-6-16)20(15-17)18-7-4-8-21-19(18)11-13-29-21/h1-11,13,15,29H,12,14H2,(H,30,31,32). The zero-order valence-electron chi connectivity index (χ0n) is 17.3. The van der Waals surface area contributed by atoms with Gasteiger partial charge < -0.3 is 9.72 Å². The van der Waals surface area contributed by atoms with Gasteiger partial charge in [-0.05, 0) is 41.5 Å². The second kappa shape index (κ2) is 9.20. The zero-order chi connectivity index (χ0) is 23.4. The van der Waals surface area contributed by atoms with Gasteiger partial charge in [0.2, 0.25) is 0 Å². The molecule has 0 radical (unpaired) electrons. The molecule has 4 rings (SSSR count). The van der Waals surface area contributed by atoms with E-state index in [4.69, 9.17) is 4.74 Å². The number of H-pyrrole nitrogens is 1. The summed E-state index contributed by atoms with van der Waals surface area (Å²) in [7, 11) is 0. The molecule has 4 aromatic rings. The number of hydrogen-bond acceptors (Lipinski definition) is 3. The van der Waals surface area contributed by atoms with Crippen molar-refractivity contribution in [3.63, 3.8) is 0 Å². The summed E-state index contributed by atoms with van der Waals surface area (Å²) in [4.78, 5) is 26.6. The van der Waals surface area contributed by atoms with E-state index in [9.17, 15) is 22.8 Å². The number of imide groups is 1. The first-order valence-corrected chi connectivity index (χ1v) is 10.1. The highest BCUT2D eigenvalue weighted by Gasteiger charge is 2.39. The third-order valence-corrected chi connectivity index (χ3v) is 5.10. The lowest BCUT2D eigenvalue weighted by atomic mass is 9.98. The summed E-state index contributed by atoms with van der Waals surface area (Å²) in [5.41, 5.74) is 3.12. The molecular formula is C25H19F3N2O3. The van der Waals surface area contributed by atoms with E-state index in [1.165, 1.54) is 23.5 Å². The van der Waals surface area contributed by atoms with Gasteiger partial charge in [-0.1, -0.05) is 42.5 Å². The van der Waals surface area contributed by atoms with Crippen LogP contribution in [0.1, 0.15) is 15.9 Å². The van der Waals surface area contributed by atoms with Gasteiger partial charge in [0, 0.05) is 34.6 Å². The van der Waals surface area contributed by atoms with Crippen LogP contribution in [0.15, 0.2) is 79.0 Å². The first-order chi connectivity index (χ1) is 15.8. The Morgan fingerprint density at radius 3 is 2.45 bits per heavy atom. The summed E-state index contributed by atoms with van der Waals surface area (Å²) in [6.45, 7) is 0.359. The largest absolute Gasteiger partial charge is 0.493 e. The van der Waals surface area contributed by atoms with Crippen LogP contribution in [0, 0.1) is 0 Å². The number of amides is 2. The van der Waals surface area contributed by atoms with E-state index in [1.54, 1.807) is 6.20 Å². The van der Waals surface area contributed by atoms with E-state index in [0.717, 1.165) is 22.0 Å². The SMILES string of the molecule is O=C(NC(=O)C(F)(F)F)c1ccc(OCCc2ccccc2)c(-c2cccc3[nH]ccc23)c1. The molecule has 1 aromatic heterocycles. The monoisotopic (exact) mass is 452 g/mol. The Morgan fingerprint density at radius 1 is 0.909 bits per heavy atom. The Labute approximate surface area is 187 Å². The highest BCUT2D eigenvalue weighted by molar-refractivity contribution is 6.07. The van der Waals surface area contributed by atoms with Gasteiger partial charge >= 0.3 is 12.1 Å². The molecular weight excluding hydrogens is 433 g/mol. The van der Waals surface area contributed by atoms with Crippen LogP contribution in [-0.4, -0.2) is 29.6 Å². The van der Waals surface area contributed by atoms with Gasteiger partial charge in [-0.15, -0.1) is 0 Å². The molecule has 0 fully saturated rings. The zero-order valence-corrected chi connectivity index (χ0v) is 17.3. The summed E-state index contributed by atoms with van der Waals surface area (Å²) < 4.78 is 43.7.